The first-order valence-corrected chi connectivity index (χ1v) is 12.2. The van der Waals surface area contributed by atoms with E-state index in [4.69, 9.17) is 0 Å². The molecule has 0 atom stereocenters. The number of carbonyl (C=O) groups is 1. The van der Waals surface area contributed by atoms with Gasteiger partial charge in [-0.1, -0.05) is 27.7 Å². The minimum Gasteiger partial charge on any atom is -0.325 e. The van der Waals surface area contributed by atoms with Gasteiger partial charge in [0.2, 0.25) is 11.7 Å². The number of thiophene rings is 1. The highest BCUT2D eigenvalue weighted by atomic mass is 79.9. The van der Waals surface area contributed by atoms with Gasteiger partial charge >= 0.3 is 0 Å². The van der Waals surface area contributed by atoms with E-state index in [9.17, 15) is 9.59 Å². The molecule has 0 fully saturated rings. The van der Waals surface area contributed by atoms with Gasteiger partial charge < -0.3 is 5.32 Å². The molecule has 1 aliphatic rings. The summed E-state index contributed by atoms with van der Waals surface area (Å²) >= 11 is 6.37. The summed E-state index contributed by atoms with van der Waals surface area (Å²) in [7, 11) is 1.73. The van der Waals surface area contributed by atoms with Crippen LogP contribution < -0.4 is 10.9 Å². The van der Waals surface area contributed by atoms with Crippen molar-refractivity contribution in [2.75, 3.05) is 11.1 Å². The number of hydrogen-bond donors (Lipinski definition) is 1. The predicted molar refractivity (Wildman–Crippen MR) is 124 cm³/mol. The van der Waals surface area contributed by atoms with Crippen LogP contribution in [0.2, 0.25) is 0 Å². The number of aromatic nitrogens is 4. The molecule has 1 aliphatic carbocycles. The molecule has 10 heteroatoms. The maximum atomic E-state index is 13.0. The van der Waals surface area contributed by atoms with Crippen LogP contribution in [0.3, 0.4) is 0 Å². The van der Waals surface area contributed by atoms with Crippen molar-refractivity contribution in [3.05, 3.63) is 49.5 Å². The molecule has 0 spiro atoms. The van der Waals surface area contributed by atoms with E-state index < -0.39 is 0 Å². The third-order valence-electron chi connectivity index (χ3n) is 5.25. The van der Waals surface area contributed by atoms with E-state index in [0.717, 1.165) is 46.1 Å². The summed E-state index contributed by atoms with van der Waals surface area (Å²) in [4.78, 5) is 27.6. The molecule has 3 heterocycles. The van der Waals surface area contributed by atoms with E-state index in [2.05, 4.69) is 31.4 Å². The number of aryl methyl sites for hydroxylation is 3. The van der Waals surface area contributed by atoms with Gasteiger partial charge in [0, 0.05) is 22.1 Å². The van der Waals surface area contributed by atoms with E-state index >= 15 is 0 Å². The van der Waals surface area contributed by atoms with Crippen molar-refractivity contribution in [2.24, 2.45) is 7.05 Å². The Bertz CT molecular complexity index is 1340. The second-order valence-corrected chi connectivity index (χ2v) is 10.2. The van der Waals surface area contributed by atoms with Crippen LogP contribution in [0.1, 0.15) is 23.3 Å². The molecular weight excluding hydrogens is 486 g/mol. The fraction of sp³-hybridized carbons (Fsp3) is 0.300. The summed E-state index contributed by atoms with van der Waals surface area (Å²) < 4.78 is 4.44. The highest BCUT2D eigenvalue weighted by Gasteiger charge is 2.24. The smallest absolute Gasteiger partial charge is 0.263 e. The van der Waals surface area contributed by atoms with Gasteiger partial charge in [-0.3, -0.25) is 14.2 Å². The van der Waals surface area contributed by atoms with Crippen LogP contribution in [-0.4, -0.2) is 30.8 Å². The number of anilines is 1. The molecule has 5 rings (SSSR count). The molecule has 0 unspecified atom stereocenters. The molecule has 1 aromatic carbocycles. The number of benzene rings is 1. The zero-order valence-electron chi connectivity index (χ0n) is 16.1. The van der Waals surface area contributed by atoms with Gasteiger partial charge in [0.25, 0.3) is 5.56 Å². The highest BCUT2D eigenvalue weighted by Crippen LogP contribution is 2.36. The molecule has 0 aliphatic heterocycles. The number of rotatable bonds is 4. The van der Waals surface area contributed by atoms with Crippen LogP contribution in [0.5, 0.6) is 0 Å². The van der Waals surface area contributed by atoms with Crippen molar-refractivity contribution < 1.29 is 4.79 Å². The van der Waals surface area contributed by atoms with Gasteiger partial charge in [0.15, 0.2) is 5.16 Å². The number of carbonyl (C=O) groups excluding carboxylic acids is 1. The number of amides is 1. The van der Waals surface area contributed by atoms with Crippen LogP contribution >= 0.6 is 39.0 Å². The molecule has 154 valence electrons. The standard InChI is InChI=1S/C20H18BrN5O2S2/c1-25-17(28)16-13-4-2-3-5-14(13)30-18(16)26-19(25)23-24-20(26)29-10-15(27)22-12-8-6-11(21)7-9-12/h6-9H,2-5,10H2,1H3,(H,22,27). The Morgan fingerprint density at radius 2 is 2.00 bits per heavy atom. The van der Waals surface area contributed by atoms with Crippen molar-refractivity contribution in [1.29, 1.82) is 0 Å². The summed E-state index contributed by atoms with van der Waals surface area (Å²) in [6.07, 6.45) is 4.22. The van der Waals surface area contributed by atoms with Crippen LogP contribution in [-0.2, 0) is 24.7 Å². The number of thioether (sulfide) groups is 1. The first-order valence-electron chi connectivity index (χ1n) is 9.59. The third-order valence-corrected chi connectivity index (χ3v) is 7.99. The summed E-state index contributed by atoms with van der Waals surface area (Å²) in [6, 6.07) is 7.44. The van der Waals surface area contributed by atoms with Crippen molar-refractivity contribution in [3.63, 3.8) is 0 Å². The second-order valence-electron chi connectivity index (χ2n) is 7.22. The number of fused-ring (bicyclic) bond motifs is 5. The minimum absolute atomic E-state index is 0.0196. The number of halogens is 1. The fourth-order valence-electron chi connectivity index (χ4n) is 3.80. The summed E-state index contributed by atoms with van der Waals surface area (Å²) in [5, 5.41) is 12.8. The number of hydrogen-bond acceptors (Lipinski definition) is 6. The highest BCUT2D eigenvalue weighted by molar-refractivity contribution is 9.10. The van der Waals surface area contributed by atoms with E-state index in [1.165, 1.54) is 22.2 Å². The van der Waals surface area contributed by atoms with Gasteiger partial charge in [-0.2, -0.15) is 0 Å². The van der Waals surface area contributed by atoms with Gasteiger partial charge in [0.1, 0.15) is 4.83 Å². The van der Waals surface area contributed by atoms with E-state index in [1.807, 2.05) is 28.7 Å². The van der Waals surface area contributed by atoms with Crippen molar-refractivity contribution in [3.8, 4) is 0 Å². The predicted octanol–water partition coefficient (Wildman–Crippen LogP) is 4.01. The molecule has 1 N–H and O–H groups in total. The Kier molecular flexibility index (Phi) is 5.16. The van der Waals surface area contributed by atoms with Crippen LogP contribution in [0.15, 0.2) is 38.7 Å². The van der Waals surface area contributed by atoms with Crippen molar-refractivity contribution >= 4 is 66.6 Å². The quantitative estimate of drug-likeness (QED) is 0.425. The van der Waals surface area contributed by atoms with Crippen LogP contribution in [0.4, 0.5) is 5.69 Å². The van der Waals surface area contributed by atoms with Crippen molar-refractivity contribution in [2.45, 2.75) is 30.8 Å². The lowest BCUT2D eigenvalue weighted by atomic mass is 9.97. The average Bonchev–Trinajstić information content (AvgIpc) is 3.34. The lowest BCUT2D eigenvalue weighted by Gasteiger charge is -2.10. The van der Waals surface area contributed by atoms with Gasteiger partial charge in [-0.15, -0.1) is 21.5 Å². The van der Waals surface area contributed by atoms with Crippen molar-refractivity contribution in [1.82, 2.24) is 19.2 Å². The first kappa shape index (κ1) is 19.8. The monoisotopic (exact) mass is 503 g/mol. The Morgan fingerprint density at radius 3 is 2.80 bits per heavy atom. The lowest BCUT2D eigenvalue weighted by Crippen LogP contribution is -2.20. The molecular formula is C20H18BrN5O2S2. The average molecular weight is 504 g/mol. The minimum atomic E-state index is -0.120. The van der Waals surface area contributed by atoms with E-state index in [-0.39, 0.29) is 17.2 Å². The van der Waals surface area contributed by atoms with Gasteiger partial charge in [0.05, 0.1) is 11.1 Å². The van der Waals surface area contributed by atoms with Crippen LogP contribution in [0.25, 0.3) is 16.0 Å². The van der Waals surface area contributed by atoms with Crippen LogP contribution in [0, 0.1) is 0 Å². The Balaban J connectivity index is 1.48. The van der Waals surface area contributed by atoms with Gasteiger partial charge in [-0.05, 0) is 55.5 Å². The molecule has 0 saturated heterocycles. The van der Waals surface area contributed by atoms with Gasteiger partial charge in [-0.25, -0.2) is 4.40 Å². The Hall–Kier alpha value is -2.17. The number of nitrogens with zero attached hydrogens (tertiary/aromatic N) is 4. The van der Waals surface area contributed by atoms with E-state index in [1.54, 1.807) is 23.0 Å². The fourth-order valence-corrected chi connectivity index (χ4v) is 6.23. The molecule has 7 nitrogen and oxygen atoms in total. The molecule has 1 amide bonds. The molecule has 0 saturated carbocycles. The third kappa shape index (κ3) is 3.36. The maximum Gasteiger partial charge on any atom is 0.263 e. The molecule has 4 aromatic rings. The summed E-state index contributed by atoms with van der Waals surface area (Å²) in [5.74, 6) is 0.583. The summed E-state index contributed by atoms with van der Waals surface area (Å²) in [6.45, 7) is 0. The first-order chi connectivity index (χ1) is 14.5. The maximum absolute atomic E-state index is 13.0. The topological polar surface area (TPSA) is 81.3 Å². The Labute approximate surface area is 188 Å². The normalized spacial score (nSPS) is 13.7. The SMILES string of the molecule is Cn1c(=O)c2c3c(sc2n2c(SCC(=O)Nc4ccc(Br)cc4)nnc12)CCCC3. The lowest BCUT2D eigenvalue weighted by molar-refractivity contribution is -0.113. The molecule has 0 radical (unpaired) electrons. The largest absolute Gasteiger partial charge is 0.325 e. The Morgan fingerprint density at radius 1 is 1.23 bits per heavy atom. The zero-order chi connectivity index (χ0) is 20.8. The molecule has 0 bridgehead atoms. The molecule has 30 heavy (non-hydrogen) atoms. The molecule has 3 aromatic heterocycles. The number of nitrogens with one attached hydrogen (secondary N) is 1. The second kappa shape index (κ2) is 7.82. The van der Waals surface area contributed by atoms with E-state index in [0.29, 0.717) is 10.9 Å². The summed E-state index contributed by atoms with van der Waals surface area (Å²) in [5.41, 5.74) is 1.90. The zero-order valence-corrected chi connectivity index (χ0v) is 19.4.